The quantitative estimate of drug-likeness (QED) is 0.759. The smallest absolute Gasteiger partial charge is 0.00684 e. The van der Waals surface area contributed by atoms with Crippen molar-refractivity contribution in [3.05, 3.63) is 22.4 Å². The Morgan fingerprint density at radius 1 is 1.38 bits per heavy atom. The van der Waals surface area contributed by atoms with Gasteiger partial charge in [0, 0.05) is 17.5 Å². The van der Waals surface area contributed by atoms with Crippen LogP contribution in [-0.4, -0.2) is 12.6 Å². The van der Waals surface area contributed by atoms with Crippen LogP contribution in [0, 0.1) is 5.41 Å². The fourth-order valence-electron chi connectivity index (χ4n) is 2.24. The predicted octanol–water partition coefficient (Wildman–Crippen LogP) is 3.85. The molecule has 90 valence electrons. The molecular weight excluding hydrogens is 214 g/mol. The third-order valence-electron chi connectivity index (χ3n) is 3.97. The number of nitrogens with one attached hydrogen (secondary N) is 1. The summed E-state index contributed by atoms with van der Waals surface area (Å²) in [7, 11) is 0. The second-order valence-corrected chi connectivity index (χ2v) is 6.15. The van der Waals surface area contributed by atoms with Crippen LogP contribution in [0.2, 0.25) is 0 Å². The summed E-state index contributed by atoms with van der Waals surface area (Å²) in [6, 6.07) is 5.28. The molecule has 0 aromatic carbocycles. The van der Waals surface area contributed by atoms with E-state index in [1.54, 1.807) is 4.88 Å². The van der Waals surface area contributed by atoms with Gasteiger partial charge in [-0.15, -0.1) is 11.3 Å². The van der Waals surface area contributed by atoms with Crippen LogP contribution >= 0.6 is 11.3 Å². The molecule has 1 N–H and O–H groups in total. The van der Waals surface area contributed by atoms with Crippen LogP contribution in [0.1, 0.15) is 44.4 Å². The van der Waals surface area contributed by atoms with Crippen molar-refractivity contribution in [2.75, 3.05) is 6.54 Å². The van der Waals surface area contributed by atoms with Crippen LogP contribution in [0.5, 0.6) is 0 Å². The molecule has 1 saturated carbocycles. The van der Waals surface area contributed by atoms with Gasteiger partial charge in [-0.2, -0.15) is 0 Å². The van der Waals surface area contributed by atoms with Gasteiger partial charge in [-0.25, -0.2) is 0 Å². The molecule has 1 aromatic rings. The van der Waals surface area contributed by atoms with Crippen molar-refractivity contribution in [2.24, 2.45) is 5.41 Å². The minimum absolute atomic E-state index is 0.480. The van der Waals surface area contributed by atoms with Crippen molar-refractivity contribution in [1.29, 1.82) is 0 Å². The first-order valence-electron chi connectivity index (χ1n) is 6.54. The van der Waals surface area contributed by atoms with E-state index in [0.717, 1.165) is 6.04 Å². The molecule has 16 heavy (non-hydrogen) atoms. The van der Waals surface area contributed by atoms with Crippen molar-refractivity contribution in [3.8, 4) is 0 Å². The Morgan fingerprint density at radius 3 is 2.62 bits per heavy atom. The van der Waals surface area contributed by atoms with E-state index >= 15 is 0 Å². The summed E-state index contributed by atoms with van der Waals surface area (Å²) in [5, 5.41) is 5.91. The Labute approximate surface area is 103 Å². The van der Waals surface area contributed by atoms with Gasteiger partial charge in [-0.3, -0.25) is 0 Å². The average molecular weight is 237 g/mol. The van der Waals surface area contributed by atoms with E-state index < -0.39 is 0 Å². The Morgan fingerprint density at radius 2 is 2.12 bits per heavy atom. The number of thiophene rings is 1. The Balaban J connectivity index is 1.95. The largest absolute Gasteiger partial charge is 0.313 e. The molecule has 0 unspecified atom stereocenters. The second kappa shape index (κ2) is 5.33. The molecule has 0 spiro atoms. The van der Waals surface area contributed by atoms with Crippen molar-refractivity contribution >= 4 is 11.3 Å². The minimum atomic E-state index is 0.480. The highest BCUT2D eigenvalue weighted by atomic mass is 32.1. The highest BCUT2D eigenvalue weighted by Crippen LogP contribution is 2.33. The van der Waals surface area contributed by atoms with Crippen LogP contribution in [0.3, 0.4) is 0 Å². The molecule has 0 radical (unpaired) electrons. The topological polar surface area (TPSA) is 12.0 Å². The molecule has 2 rings (SSSR count). The summed E-state index contributed by atoms with van der Waals surface area (Å²) in [5.41, 5.74) is 0.480. The molecule has 0 aliphatic heterocycles. The van der Waals surface area contributed by atoms with E-state index in [1.807, 2.05) is 11.3 Å². The number of rotatable bonds is 7. The molecule has 1 fully saturated rings. The summed E-state index contributed by atoms with van der Waals surface area (Å²) in [4.78, 5) is 1.54. The van der Waals surface area contributed by atoms with Crippen molar-refractivity contribution in [3.63, 3.8) is 0 Å². The lowest BCUT2D eigenvalue weighted by Gasteiger charge is -2.32. The van der Waals surface area contributed by atoms with Crippen molar-refractivity contribution in [1.82, 2.24) is 5.32 Å². The fourth-order valence-corrected chi connectivity index (χ4v) is 3.12. The molecule has 1 aliphatic carbocycles. The Kier molecular flexibility index (Phi) is 4.04. The third-order valence-corrected chi connectivity index (χ3v) is 4.85. The summed E-state index contributed by atoms with van der Waals surface area (Å²) < 4.78 is 0. The molecule has 0 amide bonds. The van der Waals surface area contributed by atoms with Gasteiger partial charge in [-0.1, -0.05) is 19.9 Å². The highest BCUT2D eigenvalue weighted by molar-refractivity contribution is 7.09. The SMILES string of the molecule is CCC(CC)(CNC1CC1)Cc1cccs1. The summed E-state index contributed by atoms with van der Waals surface area (Å²) in [6.45, 7) is 5.87. The normalized spacial score (nSPS) is 16.6. The number of hydrogen-bond donors (Lipinski definition) is 1. The Hall–Kier alpha value is -0.340. The van der Waals surface area contributed by atoms with E-state index in [4.69, 9.17) is 0 Å². The predicted molar refractivity (Wildman–Crippen MR) is 72.1 cm³/mol. The molecule has 0 bridgehead atoms. The molecule has 1 aliphatic rings. The minimum Gasteiger partial charge on any atom is -0.313 e. The number of hydrogen-bond acceptors (Lipinski definition) is 2. The van der Waals surface area contributed by atoms with Gasteiger partial charge >= 0.3 is 0 Å². The molecular formula is C14H23NS. The second-order valence-electron chi connectivity index (χ2n) is 5.12. The van der Waals surface area contributed by atoms with Crippen LogP contribution in [-0.2, 0) is 6.42 Å². The fraction of sp³-hybridized carbons (Fsp3) is 0.714. The first-order valence-corrected chi connectivity index (χ1v) is 7.42. The van der Waals surface area contributed by atoms with Gasteiger partial charge in [-0.05, 0) is 49.0 Å². The Bertz CT molecular complexity index is 297. The zero-order chi connectivity index (χ0) is 11.4. The van der Waals surface area contributed by atoms with Crippen molar-refractivity contribution < 1.29 is 0 Å². The van der Waals surface area contributed by atoms with E-state index in [-0.39, 0.29) is 0 Å². The summed E-state index contributed by atoms with van der Waals surface area (Å²) in [5.74, 6) is 0. The molecule has 1 aromatic heterocycles. The third kappa shape index (κ3) is 3.08. The standard InChI is InChI=1S/C14H23NS/c1-3-14(4-2,11-15-12-7-8-12)10-13-6-5-9-16-13/h5-6,9,12,15H,3-4,7-8,10-11H2,1-2H3. The first-order chi connectivity index (χ1) is 7.78. The summed E-state index contributed by atoms with van der Waals surface area (Å²) in [6.07, 6.45) is 6.59. The average Bonchev–Trinajstić information content (AvgIpc) is 3.02. The van der Waals surface area contributed by atoms with Gasteiger partial charge in [0.05, 0.1) is 0 Å². The van der Waals surface area contributed by atoms with Crippen LogP contribution in [0.15, 0.2) is 17.5 Å². The van der Waals surface area contributed by atoms with E-state index in [1.165, 1.54) is 38.6 Å². The van der Waals surface area contributed by atoms with Crippen LogP contribution < -0.4 is 5.32 Å². The zero-order valence-corrected chi connectivity index (χ0v) is 11.3. The molecule has 0 atom stereocenters. The van der Waals surface area contributed by atoms with Gasteiger partial charge in [0.2, 0.25) is 0 Å². The maximum absolute atomic E-state index is 3.72. The molecule has 0 saturated heterocycles. The lowest BCUT2D eigenvalue weighted by Crippen LogP contribution is -2.36. The summed E-state index contributed by atoms with van der Waals surface area (Å²) >= 11 is 1.90. The van der Waals surface area contributed by atoms with Crippen LogP contribution in [0.4, 0.5) is 0 Å². The van der Waals surface area contributed by atoms with Crippen LogP contribution in [0.25, 0.3) is 0 Å². The lowest BCUT2D eigenvalue weighted by atomic mass is 9.78. The molecule has 1 heterocycles. The van der Waals surface area contributed by atoms with Gasteiger partial charge in [0.15, 0.2) is 0 Å². The maximum atomic E-state index is 3.72. The van der Waals surface area contributed by atoms with E-state index in [2.05, 4.69) is 36.7 Å². The zero-order valence-electron chi connectivity index (χ0n) is 10.5. The molecule has 2 heteroatoms. The van der Waals surface area contributed by atoms with E-state index in [0.29, 0.717) is 5.41 Å². The first kappa shape index (κ1) is 12.1. The van der Waals surface area contributed by atoms with Gasteiger partial charge < -0.3 is 5.32 Å². The maximum Gasteiger partial charge on any atom is 0.00684 e. The van der Waals surface area contributed by atoms with Gasteiger partial charge in [0.1, 0.15) is 0 Å². The van der Waals surface area contributed by atoms with Gasteiger partial charge in [0.25, 0.3) is 0 Å². The monoisotopic (exact) mass is 237 g/mol. The highest BCUT2D eigenvalue weighted by Gasteiger charge is 2.30. The van der Waals surface area contributed by atoms with E-state index in [9.17, 15) is 0 Å². The van der Waals surface area contributed by atoms with Crippen molar-refractivity contribution in [2.45, 2.75) is 52.0 Å². The lowest BCUT2D eigenvalue weighted by molar-refractivity contribution is 0.247. The molecule has 1 nitrogen and oxygen atoms in total.